The van der Waals surface area contributed by atoms with Crippen molar-refractivity contribution in [1.82, 2.24) is 0 Å². The number of carbonyl (C=O) groups is 1. The van der Waals surface area contributed by atoms with Gasteiger partial charge >= 0.3 is 5.97 Å². The molecule has 0 aliphatic heterocycles. The van der Waals surface area contributed by atoms with Crippen molar-refractivity contribution in [2.75, 3.05) is 12.9 Å². The van der Waals surface area contributed by atoms with E-state index >= 15 is 0 Å². The summed E-state index contributed by atoms with van der Waals surface area (Å²) >= 11 is 1.41. The molecule has 0 unspecified atom stereocenters. The number of nitro groups is 1. The summed E-state index contributed by atoms with van der Waals surface area (Å²) in [6.45, 7) is 0. The van der Waals surface area contributed by atoms with Gasteiger partial charge in [-0.25, -0.2) is 0 Å². The fourth-order valence-electron chi connectivity index (χ4n) is 1.03. The molecule has 16 heavy (non-hydrogen) atoms. The van der Waals surface area contributed by atoms with Gasteiger partial charge < -0.3 is 4.74 Å². The number of benzene rings is 1. The highest BCUT2D eigenvalue weighted by Crippen LogP contribution is 2.16. The average Bonchev–Trinajstić information content (AvgIpc) is 2.29. The fraction of sp³-hybridized carbons (Fsp3) is 0.300. The van der Waals surface area contributed by atoms with Crippen LogP contribution in [0.5, 0.6) is 0 Å². The maximum absolute atomic E-state index is 10.8. The van der Waals surface area contributed by atoms with E-state index in [-0.39, 0.29) is 17.4 Å². The van der Waals surface area contributed by atoms with Crippen LogP contribution < -0.4 is 0 Å². The lowest BCUT2D eigenvalue weighted by atomic mass is 10.2. The summed E-state index contributed by atoms with van der Waals surface area (Å²) in [6, 6.07) is 6.27. The van der Waals surface area contributed by atoms with Crippen LogP contribution in [-0.4, -0.2) is 23.8 Å². The van der Waals surface area contributed by atoms with Crippen molar-refractivity contribution >= 4 is 23.4 Å². The highest BCUT2D eigenvalue weighted by Gasteiger charge is 2.05. The van der Waals surface area contributed by atoms with E-state index in [1.807, 2.05) is 0 Å². The Balaban J connectivity index is 2.43. The lowest BCUT2D eigenvalue weighted by Gasteiger charge is -2.00. The second-order valence-corrected chi connectivity index (χ2v) is 3.98. The van der Waals surface area contributed by atoms with Gasteiger partial charge in [0, 0.05) is 17.9 Å². The minimum Gasteiger partial charge on any atom is -0.468 e. The zero-order valence-electron chi connectivity index (χ0n) is 8.71. The topological polar surface area (TPSA) is 69.4 Å². The van der Waals surface area contributed by atoms with Crippen molar-refractivity contribution in [1.29, 1.82) is 0 Å². The number of methoxy groups -OCH3 is 1. The van der Waals surface area contributed by atoms with Gasteiger partial charge in [-0.3, -0.25) is 14.9 Å². The number of non-ortho nitro benzene ring substituents is 1. The molecule has 5 nitrogen and oxygen atoms in total. The summed E-state index contributed by atoms with van der Waals surface area (Å²) in [7, 11) is 1.34. The van der Waals surface area contributed by atoms with Crippen LogP contribution in [0, 0.1) is 10.1 Å². The van der Waals surface area contributed by atoms with Crippen molar-refractivity contribution in [3.05, 3.63) is 39.9 Å². The number of thioether (sulfide) groups is 1. The van der Waals surface area contributed by atoms with E-state index in [1.165, 1.54) is 31.0 Å². The maximum Gasteiger partial charge on any atom is 0.315 e. The Morgan fingerprint density at radius 3 is 2.56 bits per heavy atom. The van der Waals surface area contributed by atoms with Gasteiger partial charge in [-0.05, 0) is 5.56 Å². The number of hydrogen-bond acceptors (Lipinski definition) is 5. The smallest absolute Gasteiger partial charge is 0.315 e. The molecule has 0 radical (unpaired) electrons. The van der Waals surface area contributed by atoms with Crippen LogP contribution in [0.2, 0.25) is 0 Å². The van der Waals surface area contributed by atoms with Gasteiger partial charge in [-0.15, -0.1) is 11.8 Å². The van der Waals surface area contributed by atoms with E-state index in [1.54, 1.807) is 12.1 Å². The second-order valence-electron chi connectivity index (χ2n) is 2.99. The average molecular weight is 241 g/mol. The number of nitrogens with zero attached hydrogens (tertiary/aromatic N) is 1. The zero-order valence-corrected chi connectivity index (χ0v) is 9.53. The number of carbonyl (C=O) groups excluding carboxylic acids is 1. The monoisotopic (exact) mass is 241 g/mol. The Labute approximate surface area is 96.9 Å². The first-order valence-electron chi connectivity index (χ1n) is 4.51. The van der Waals surface area contributed by atoms with Crippen molar-refractivity contribution in [2.24, 2.45) is 0 Å². The molecule has 0 bridgehead atoms. The van der Waals surface area contributed by atoms with Gasteiger partial charge in [0.2, 0.25) is 0 Å². The molecule has 1 aromatic rings. The summed E-state index contributed by atoms with van der Waals surface area (Å²) in [5.41, 5.74) is 1.02. The predicted molar refractivity (Wildman–Crippen MR) is 61.3 cm³/mol. The summed E-state index contributed by atoms with van der Waals surface area (Å²) in [6.07, 6.45) is 0. The highest BCUT2D eigenvalue weighted by molar-refractivity contribution is 7.99. The number of nitro benzene ring substituents is 1. The van der Waals surface area contributed by atoms with Gasteiger partial charge in [0.25, 0.3) is 5.69 Å². The molecule has 6 heteroatoms. The zero-order chi connectivity index (χ0) is 12.0. The van der Waals surface area contributed by atoms with Crippen LogP contribution in [0.15, 0.2) is 24.3 Å². The maximum atomic E-state index is 10.8. The van der Waals surface area contributed by atoms with Gasteiger partial charge in [-0.1, -0.05) is 12.1 Å². The molecule has 0 saturated carbocycles. The minimum absolute atomic E-state index is 0.0710. The molecule has 0 N–H and O–H groups in total. The highest BCUT2D eigenvalue weighted by atomic mass is 32.2. The van der Waals surface area contributed by atoms with Crippen LogP contribution in [0.3, 0.4) is 0 Å². The third kappa shape index (κ3) is 3.90. The third-order valence-corrected chi connectivity index (χ3v) is 2.84. The van der Waals surface area contributed by atoms with Crippen LogP contribution >= 0.6 is 11.8 Å². The lowest BCUT2D eigenvalue weighted by molar-refractivity contribution is -0.384. The predicted octanol–water partition coefficient (Wildman–Crippen LogP) is 2.00. The molecular weight excluding hydrogens is 230 g/mol. The Bertz CT molecular complexity index is 377. The number of ether oxygens (including phenoxy) is 1. The van der Waals surface area contributed by atoms with E-state index in [2.05, 4.69) is 4.74 Å². The largest absolute Gasteiger partial charge is 0.468 e. The molecule has 0 spiro atoms. The summed E-state index contributed by atoms with van der Waals surface area (Å²) in [5, 5.41) is 10.4. The Kier molecular flexibility index (Phi) is 4.78. The molecule has 0 aliphatic rings. The van der Waals surface area contributed by atoms with Crippen LogP contribution in [-0.2, 0) is 15.3 Å². The molecule has 0 aliphatic carbocycles. The van der Waals surface area contributed by atoms with E-state index in [0.29, 0.717) is 5.75 Å². The van der Waals surface area contributed by atoms with Gasteiger partial charge in [0.05, 0.1) is 17.8 Å². The summed E-state index contributed by atoms with van der Waals surface area (Å²) in [4.78, 5) is 20.8. The molecule has 1 aromatic carbocycles. The van der Waals surface area contributed by atoms with Crippen molar-refractivity contribution in [3.63, 3.8) is 0 Å². The molecule has 86 valence electrons. The molecule has 0 aromatic heterocycles. The van der Waals surface area contributed by atoms with Gasteiger partial charge in [-0.2, -0.15) is 0 Å². The van der Waals surface area contributed by atoms with E-state index in [4.69, 9.17) is 0 Å². The first-order chi connectivity index (χ1) is 7.63. The Hall–Kier alpha value is -1.56. The third-order valence-electron chi connectivity index (χ3n) is 1.86. The number of rotatable bonds is 5. The van der Waals surface area contributed by atoms with Crippen LogP contribution in [0.1, 0.15) is 5.56 Å². The van der Waals surface area contributed by atoms with Crippen molar-refractivity contribution in [3.8, 4) is 0 Å². The van der Waals surface area contributed by atoms with E-state index in [0.717, 1.165) is 5.56 Å². The van der Waals surface area contributed by atoms with E-state index < -0.39 is 4.92 Å². The quantitative estimate of drug-likeness (QED) is 0.448. The molecule has 0 heterocycles. The minimum atomic E-state index is -0.439. The number of hydrogen-bond donors (Lipinski definition) is 0. The molecule has 1 rings (SSSR count). The first kappa shape index (κ1) is 12.5. The first-order valence-corrected chi connectivity index (χ1v) is 5.67. The molecule has 0 atom stereocenters. The molecule has 0 fully saturated rings. The van der Waals surface area contributed by atoms with Crippen LogP contribution in [0.25, 0.3) is 0 Å². The Morgan fingerprint density at radius 2 is 2.06 bits per heavy atom. The fourth-order valence-corrected chi connectivity index (χ4v) is 1.84. The van der Waals surface area contributed by atoms with Crippen molar-refractivity contribution < 1.29 is 14.5 Å². The second kappa shape index (κ2) is 6.12. The summed E-state index contributed by atoms with van der Waals surface area (Å²) < 4.78 is 4.49. The van der Waals surface area contributed by atoms with Crippen molar-refractivity contribution in [2.45, 2.75) is 5.75 Å². The normalized spacial score (nSPS) is 9.81. The SMILES string of the molecule is COC(=O)CSCc1ccc([N+](=O)[O-])cc1. The van der Waals surface area contributed by atoms with Crippen LogP contribution in [0.4, 0.5) is 5.69 Å². The van der Waals surface area contributed by atoms with E-state index in [9.17, 15) is 14.9 Å². The molecule has 0 amide bonds. The Morgan fingerprint density at radius 1 is 1.44 bits per heavy atom. The molecule has 0 saturated heterocycles. The lowest BCUT2D eigenvalue weighted by Crippen LogP contribution is -2.03. The van der Waals surface area contributed by atoms with Gasteiger partial charge in [0.1, 0.15) is 0 Å². The molecular formula is C10H11NO4S. The van der Waals surface area contributed by atoms with Gasteiger partial charge in [0.15, 0.2) is 0 Å². The number of esters is 1. The standard InChI is InChI=1S/C10H11NO4S/c1-15-10(12)7-16-6-8-2-4-9(5-3-8)11(13)14/h2-5H,6-7H2,1H3. The summed E-state index contributed by atoms with van der Waals surface area (Å²) in [5.74, 6) is 0.646.